The highest BCUT2D eigenvalue weighted by atomic mass is 32.2. The third-order valence-electron chi connectivity index (χ3n) is 4.76. The van der Waals surface area contributed by atoms with Crippen LogP contribution in [-0.4, -0.2) is 50.9 Å². The molecule has 1 amide bonds. The maximum Gasteiger partial charge on any atom is 0.241 e. The smallest absolute Gasteiger partial charge is 0.241 e. The van der Waals surface area contributed by atoms with Gasteiger partial charge in [0.15, 0.2) is 0 Å². The summed E-state index contributed by atoms with van der Waals surface area (Å²) < 4.78 is 28.6. The predicted molar refractivity (Wildman–Crippen MR) is 105 cm³/mol. The molecular formula is C20H26N2O4S. The van der Waals surface area contributed by atoms with Crippen LogP contribution < -0.4 is 4.90 Å². The second kappa shape index (κ2) is 8.71. The third kappa shape index (κ3) is 5.94. The fourth-order valence-electron chi connectivity index (χ4n) is 3.63. The molecular weight excluding hydrogens is 364 g/mol. The summed E-state index contributed by atoms with van der Waals surface area (Å²) in [5, 5.41) is 0. The van der Waals surface area contributed by atoms with Gasteiger partial charge in [-0.25, -0.2) is 8.42 Å². The van der Waals surface area contributed by atoms with Crippen LogP contribution in [0.5, 0.6) is 0 Å². The van der Waals surface area contributed by atoms with Crippen molar-refractivity contribution in [1.29, 1.82) is 0 Å². The summed E-state index contributed by atoms with van der Waals surface area (Å²) in [5.41, 5.74) is 0.823. The molecule has 2 aromatic rings. The molecule has 1 fully saturated rings. The van der Waals surface area contributed by atoms with Crippen molar-refractivity contribution in [3.8, 4) is 0 Å². The lowest BCUT2D eigenvalue weighted by Gasteiger charge is -2.33. The van der Waals surface area contributed by atoms with Crippen molar-refractivity contribution >= 4 is 21.4 Å². The van der Waals surface area contributed by atoms with Crippen molar-refractivity contribution in [1.82, 2.24) is 4.90 Å². The topological polar surface area (TPSA) is 70.8 Å². The Bertz CT molecular complexity index is 834. The number of piperidine rings is 1. The molecule has 1 aliphatic heterocycles. The monoisotopic (exact) mass is 390 g/mol. The molecule has 0 saturated carbocycles. The molecule has 0 spiro atoms. The van der Waals surface area contributed by atoms with Crippen LogP contribution in [0.1, 0.15) is 18.6 Å². The van der Waals surface area contributed by atoms with E-state index < -0.39 is 9.84 Å². The maximum absolute atomic E-state index is 13.1. The Morgan fingerprint density at radius 2 is 2.00 bits per heavy atom. The molecule has 0 aliphatic carbocycles. The first-order valence-corrected chi connectivity index (χ1v) is 11.2. The number of furan rings is 1. The van der Waals surface area contributed by atoms with Gasteiger partial charge < -0.3 is 9.32 Å². The summed E-state index contributed by atoms with van der Waals surface area (Å²) in [6.07, 6.45) is 4.69. The molecule has 1 aromatic carbocycles. The molecule has 27 heavy (non-hydrogen) atoms. The van der Waals surface area contributed by atoms with Gasteiger partial charge in [-0.3, -0.25) is 9.69 Å². The molecule has 1 aromatic heterocycles. The van der Waals surface area contributed by atoms with Gasteiger partial charge in [-0.2, -0.15) is 0 Å². The molecule has 3 rings (SSSR count). The van der Waals surface area contributed by atoms with Crippen molar-refractivity contribution in [2.24, 2.45) is 5.92 Å². The van der Waals surface area contributed by atoms with Crippen molar-refractivity contribution in [2.45, 2.75) is 19.4 Å². The molecule has 1 atom stereocenters. The van der Waals surface area contributed by atoms with E-state index in [-0.39, 0.29) is 24.1 Å². The number of likely N-dealkylation sites (tertiary alicyclic amines) is 1. The number of hydrogen-bond acceptors (Lipinski definition) is 5. The number of nitrogens with zero attached hydrogens (tertiary/aromatic N) is 2. The zero-order valence-corrected chi connectivity index (χ0v) is 16.4. The van der Waals surface area contributed by atoms with Crippen molar-refractivity contribution in [3.05, 3.63) is 54.5 Å². The van der Waals surface area contributed by atoms with Crippen molar-refractivity contribution < 1.29 is 17.6 Å². The molecule has 7 heteroatoms. The van der Waals surface area contributed by atoms with E-state index in [9.17, 15) is 13.2 Å². The Morgan fingerprint density at radius 3 is 2.67 bits per heavy atom. The number of carbonyl (C=O) groups is 1. The number of hydrogen-bond donors (Lipinski definition) is 0. The Morgan fingerprint density at radius 1 is 1.22 bits per heavy atom. The van der Waals surface area contributed by atoms with Gasteiger partial charge in [-0.1, -0.05) is 18.2 Å². The second-order valence-electron chi connectivity index (χ2n) is 7.23. The van der Waals surface area contributed by atoms with Crippen LogP contribution in [0.4, 0.5) is 5.69 Å². The summed E-state index contributed by atoms with van der Waals surface area (Å²) in [4.78, 5) is 16.8. The second-order valence-corrected chi connectivity index (χ2v) is 9.42. The molecule has 0 N–H and O–H groups in total. The fraction of sp³-hybridized carbons (Fsp3) is 0.450. The van der Waals surface area contributed by atoms with Crippen molar-refractivity contribution in [3.63, 3.8) is 0 Å². The van der Waals surface area contributed by atoms with E-state index in [4.69, 9.17) is 4.42 Å². The van der Waals surface area contributed by atoms with Gasteiger partial charge in [0.1, 0.15) is 15.6 Å². The van der Waals surface area contributed by atoms with E-state index in [0.29, 0.717) is 13.1 Å². The molecule has 0 unspecified atom stereocenters. The number of rotatable bonds is 7. The number of sulfone groups is 1. The van der Waals surface area contributed by atoms with Gasteiger partial charge in [0, 0.05) is 18.5 Å². The molecule has 0 bridgehead atoms. The lowest BCUT2D eigenvalue weighted by molar-refractivity contribution is -0.120. The highest BCUT2D eigenvalue weighted by Gasteiger charge is 2.26. The van der Waals surface area contributed by atoms with Crippen LogP contribution in [0.15, 0.2) is 53.1 Å². The largest absolute Gasteiger partial charge is 0.467 e. The summed E-state index contributed by atoms with van der Waals surface area (Å²) >= 11 is 0. The van der Waals surface area contributed by atoms with Gasteiger partial charge in [0.2, 0.25) is 5.91 Å². The maximum atomic E-state index is 13.1. The third-order valence-corrected chi connectivity index (χ3v) is 5.84. The lowest BCUT2D eigenvalue weighted by atomic mass is 10.00. The molecule has 2 heterocycles. The van der Waals surface area contributed by atoms with Crippen LogP contribution in [0.2, 0.25) is 0 Å². The first kappa shape index (κ1) is 19.6. The molecule has 6 nitrogen and oxygen atoms in total. The first-order valence-electron chi connectivity index (χ1n) is 9.18. The number of carbonyl (C=O) groups excluding carboxylic acids is 1. The standard InChI is InChI=1S/C20H26N2O4S/c1-27(24,25)16-17-7-5-11-21(13-17)15-20(23)22(14-19-10-6-12-26-19)18-8-3-2-4-9-18/h2-4,6,8-10,12,17H,5,7,11,13-16H2,1H3/t17-/m1/s1. The highest BCUT2D eigenvalue weighted by Crippen LogP contribution is 2.21. The Labute approximate surface area is 160 Å². The summed E-state index contributed by atoms with van der Waals surface area (Å²) in [6.45, 7) is 2.10. The van der Waals surface area contributed by atoms with E-state index >= 15 is 0 Å². The average Bonchev–Trinajstić information content (AvgIpc) is 3.12. The number of benzene rings is 1. The van der Waals surface area contributed by atoms with Gasteiger partial charge in [0.05, 0.1) is 25.1 Å². The predicted octanol–water partition coefficient (Wildman–Crippen LogP) is 2.57. The van der Waals surface area contributed by atoms with Crippen LogP contribution in [0.25, 0.3) is 0 Å². The van der Waals surface area contributed by atoms with Gasteiger partial charge in [-0.05, 0) is 49.6 Å². The van der Waals surface area contributed by atoms with Gasteiger partial charge in [0.25, 0.3) is 0 Å². The normalized spacial score (nSPS) is 18.3. The number of amides is 1. The Hall–Kier alpha value is -2.12. The minimum Gasteiger partial charge on any atom is -0.467 e. The summed E-state index contributed by atoms with van der Waals surface area (Å²) in [6, 6.07) is 13.2. The highest BCUT2D eigenvalue weighted by molar-refractivity contribution is 7.90. The minimum absolute atomic E-state index is 0.0161. The van der Waals surface area contributed by atoms with Gasteiger partial charge in [-0.15, -0.1) is 0 Å². The van der Waals surface area contributed by atoms with Crippen LogP contribution in [0, 0.1) is 5.92 Å². The van der Waals surface area contributed by atoms with Crippen LogP contribution in [-0.2, 0) is 21.2 Å². The lowest BCUT2D eigenvalue weighted by Crippen LogP contribution is -2.45. The van der Waals surface area contributed by atoms with E-state index in [0.717, 1.165) is 30.8 Å². The molecule has 0 radical (unpaired) electrons. The molecule has 1 saturated heterocycles. The molecule has 146 valence electrons. The quantitative estimate of drug-likeness (QED) is 0.727. The number of para-hydroxylation sites is 1. The minimum atomic E-state index is -3.00. The Balaban J connectivity index is 1.68. The van der Waals surface area contributed by atoms with Crippen LogP contribution >= 0.6 is 0 Å². The summed E-state index contributed by atoms with van der Waals surface area (Å²) in [5.74, 6) is 0.988. The van der Waals surface area contributed by atoms with Gasteiger partial charge >= 0.3 is 0 Å². The van der Waals surface area contributed by atoms with E-state index in [2.05, 4.69) is 4.90 Å². The number of anilines is 1. The Kier molecular flexibility index (Phi) is 6.34. The fourth-order valence-corrected chi connectivity index (χ4v) is 4.75. The average molecular weight is 391 g/mol. The van der Waals surface area contributed by atoms with E-state index in [1.165, 1.54) is 6.26 Å². The zero-order valence-electron chi connectivity index (χ0n) is 15.6. The van der Waals surface area contributed by atoms with E-state index in [1.807, 2.05) is 42.5 Å². The zero-order chi connectivity index (χ0) is 19.3. The SMILES string of the molecule is CS(=O)(=O)C[C@@H]1CCCN(CC(=O)N(Cc2ccco2)c2ccccc2)C1. The first-order chi connectivity index (χ1) is 12.9. The van der Waals surface area contributed by atoms with E-state index in [1.54, 1.807) is 11.2 Å². The van der Waals surface area contributed by atoms with Crippen LogP contribution in [0.3, 0.4) is 0 Å². The summed E-state index contributed by atoms with van der Waals surface area (Å²) in [7, 11) is -3.00. The molecule has 1 aliphatic rings. The van der Waals surface area contributed by atoms with Crippen molar-refractivity contribution in [2.75, 3.05) is 36.5 Å².